The zero-order valence-corrected chi connectivity index (χ0v) is 11.4. The number of carbonyl (C=O) groups excluding carboxylic acids is 1. The Bertz CT molecular complexity index is 943. The van der Waals surface area contributed by atoms with Gasteiger partial charge in [0.1, 0.15) is 16.9 Å². The molecule has 1 amide bonds. The molecule has 0 atom stereocenters. The van der Waals surface area contributed by atoms with Gasteiger partial charge in [-0.1, -0.05) is 12.1 Å². The fourth-order valence-electron chi connectivity index (χ4n) is 2.40. The van der Waals surface area contributed by atoms with Crippen molar-refractivity contribution in [3.8, 4) is 5.75 Å². The van der Waals surface area contributed by atoms with Gasteiger partial charge in [-0.05, 0) is 29.8 Å². The van der Waals surface area contributed by atoms with Crippen LogP contribution >= 0.6 is 0 Å². The van der Waals surface area contributed by atoms with E-state index in [4.69, 9.17) is 5.73 Å². The lowest BCUT2D eigenvalue weighted by molar-refractivity contribution is 0.0995. The fourth-order valence-corrected chi connectivity index (χ4v) is 2.40. The highest BCUT2D eigenvalue weighted by atomic mass is 19.1. The Labute approximate surface area is 123 Å². The number of aromatic hydroxyl groups is 1. The minimum Gasteiger partial charge on any atom is -0.505 e. The van der Waals surface area contributed by atoms with Gasteiger partial charge in [-0.25, -0.2) is 9.07 Å². The third-order valence-electron chi connectivity index (χ3n) is 3.38. The van der Waals surface area contributed by atoms with E-state index < -0.39 is 28.6 Å². The Morgan fingerprint density at radius 3 is 2.73 bits per heavy atom. The van der Waals surface area contributed by atoms with Gasteiger partial charge in [0.05, 0.1) is 6.54 Å². The maximum Gasteiger partial charge on any atom is 0.282 e. The van der Waals surface area contributed by atoms with Crippen LogP contribution in [0.2, 0.25) is 0 Å². The van der Waals surface area contributed by atoms with Crippen LogP contribution in [0.3, 0.4) is 0 Å². The van der Waals surface area contributed by atoms with Crippen LogP contribution in [0.1, 0.15) is 15.9 Å². The van der Waals surface area contributed by atoms with E-state index in [-0.39, 0.29) is 12.1 Å². The zero-order valence-electron chi connectivity index (χ0n) is 11.4. The molecule has 7 heteroatoms. The van der Waals surface area contributed by atoms with Crippen LogP contribution in [-0.2, 0) is 6.54 Å². The summed E-state index contributed by atoms with van der Waals surface area (Å²) >= 11 is 0. The lowest BCUT2D eigenvalue weighted by atomic mass is 10.2. The highest BCUT2D eigenvalue weighted by molar-refractivity contribution is 5.97. The van der Waals surface area contributed by atoms with Crippen molar-refractivity contribution in [1.29, 1.82) is 0 Å². The van der Waals surface area contributed by atoms with E-state index in [1.165, 1.54) is 27.4 Å². The molecule has 3 rings (SSSR count). The smallest absolute Gasteiger partial charge is 0.282 e. The summed E-state index contributed by atoms with van der Waals surface area (Å²) in [6.07, 6.45) is 1.56. The molecule has 3 N–H and O–H groups in total. The first-order valence-electron chi connectivity index (χ1n) is 6.46. The second-order valence-corrected chi connectivity index (χ2v) is 4.82. The predicted octanol–water partition coefficient (Wildman–Crippen LogP) is 1.09. The molecule has 0 radical (unpaired) electrons. The van der Waals surface area contributed by atoms with Crippen LogP contribution in [0.4, 0.5) is 4.39 Å². The molecule has 22 heavy (non-hydrogen) atoms. The van der Waals surface area contributed by atoms with E-state index >= 15 is 0 Å². The Kier molecular flexibility index (Phi) is 3.17. The third-order valence-corrected chi connectivity index (χ3v) is 3.38. The van der Waals surface area contributed by atoms with Crippen molar-refractivity contribution in [2.24, 2.45) is 5.73 Å². The number of primary amides is 1. The monoisotopic (exact) mass is 301 g/mol. The van der Waals surface area contributed by atoms with Crippen molar-refractivity contribution in [3.05, 3.63) is 69.9 Å². The molecule has 1 aromatic carbocycles. The molecule has 0 spiro atoms. The number of amides is 1. The zero-order chi connectivity index (χ0) is 15.9. The Morgan fingerprint density at radius 2 is 2.05 bits per heavy atom. The lowest BCUT2D eigenvalue weighted by Crippen LogP contribution is -2.33. The first kappa shape index (κ1) is 13.9. The van der Waals surface area contributed by atoms with Gasteiger partial charge >= 0.3 is 0 Å². The van der Waals surface area contributed by atoms with Crippen LogP contribution in [-0.4, -0.2) is 20.2 Å². The third kappa shape index (κ3) is 2.12. The van der Waals surface area contributed by atoms with Crippen LogP contribution in [0.25, 0.3) is 5.52 Å². The summed E-state index contributed by atoms with van der Waals surface area (Å²) in [5, 5.41) is 10.0. The van der Waals surface area contributed by atoms with E-state index in [0.717, 1.165) is 0 Å². The highest BCUT2D eigenvalue weighted by Gasteiger charge is 2.20. The summed E-state index contributed by atoms with van der Waals surface area (Å²) in [7, 11) is 0. The first-order valence-corrected chi connectivity index (χ1v) is 6.46. The van der Waals surface area contributed by atoms with Gasteiger partial charge in [-0.15, -0.1) is 0 Å². The van der Waals surface area contributed by atoms with Gasteiger partial charge in [0.25, 0.3) is 11.5 Å². The van der Waals surface area contributed by atoms with Gasteiger partial charge in [0, 0.05) is 6.20 Å². The van der Waals surface area contributed by atoms with E-state index in [0.29, 0.717) is 5.56 Å². The molecule has 3 aromatic rings. The summed E-state index contributed by atoms with van der Waals surface area (Å²) in [6.45, 7) is 0.0301. The molecular formula is C15H12FN3O3. The Hall–Kier alpha value is -3.09. The van der Waals surface area contributed by atoms with Crippen molar-refractivity contribution in [1.82, 2.24) is 9.20 Å². The van der Waals surface area contributed by atoms with Gasteiger partial charge in [-0.2, -0.15) is 0 Å². The van der Waals surface area contributed by atoms with Gasteiger partial charge < -0.3 is 10.8 Å². The minimum atomic E-state index is -1.01. The van der Waals surface area contributed by atoms with E-state index in [9.17, 15) is 19.1 Å². The molecule has 0 aliphatic carbocycles. The molecule has 2 aromatic heterocycles. The standard InChI is InChI=1S/C15H12FN3O3/c16-10-4-1-3-9(7-10)8-19-15(22)12(14(17)21)13(20)11-5-2-6-18(11)19/h1-7,20H,8H2,(H2,17,21). The predicted molar refractivity (Wildman–Crippen MR) is 77.3 cm³/mol. The molecule has 2 heterocycles. The SMILES string of the molecule is NC(=O)c1c(O)c2cccn2n(Cc2cccc(F)c2)c1=O. The van der Waals surface area contributed by atoms with Crippen molar-refractivity contribution >= 4 is 11.4 Å². The second-order valence-electron chi connectivity index (χ2n) is 4.82. The molecule has 0 aliphatic heterocycles. The molecule has 0 saturated heterocycles. The lowest BCUT2D eigenvalue weighted by Gasteiger charge is -2.13. The van der Waals surface area contributed by atoms with Crippen molar-refractivity contribution in [2.75, 3.05) is 0 Å². The fraction of sp³-hybridized carbons (Fsp3) is 0.0667. The topological polar surface area (TPSA) is 89.7 Å². The Balaban J connectivity index is 2.27. The van der Waals surface area contributed by atoms with Crippen molar-refractivity contribution < 1.29 is 14.3 Å². The number of halogens is 1. The molecule has 0 bridgehead atoms. The number of hydrogen-bond acceptors (Lipinski definition) is 3. The summed E-state index contributed by atoms with van der Waals surface area (Å²) in [6, 6.07) is 8.92. The summed E-state index contributed by atoms with van der Waals surface area (Å²) in [5.41, 5.74) is 4.77. The number of nitrogens with two attached hydrogens (primary N) is 1. The quantitative estimate of drug-likeness (QED) is 0.759. The molecule has 0 fully saturated rings. The van der Waals surface area contributed by atoms with E-state index in [1.54, 1.807) is 24.4 Å². The van der Waals surface area contributed by atoms with Crippen LogP contribution < -0.4 is 11.3 Å². The highest BCUT2D eigenvalue weighted by Crippen LogP contribution is 2.21. The minimum absolute atomic E-state index is 0.0301. The molecule has 0 unspecified atom stereocenters. The average Bonchev–Trinajstić information content (AvgIpc) is 2.93. The number of benzene rings is 1. The second kappa shape index (κ2) is 5.03. The molecule has 112 valence electrons. The summed E-state index contributed by atoms with van der Waals surface area (Å²) < 4.78 is 15.9. The summed E-state index contributed by atoms with van der Waals surface area (Å²) in [5.74, 6) is -1.90. The molecule has 0 saturated carbocycles. The molecule has 0 aliphatic rings. The number of aromatic nitrogens is 2. The number of rotatable bonds is 3. The van der Waals surface area contributed by atoms with E-state index in [2.05, 4.69) is 0 Å². The number of nitrogens with zero attached hydrogens (tertiary/aromatic N) is 2. The largest absolute Gasteiger partial charge is 0.505 e. The Morgan fingerprint density at radius 1 is 1.27 bits per heavy atom. The van der Waals surface area contributed by atoms with Crippen LogP contribution in [0, 0.1) is 5.82 Å². The molecule has 6 nitrogen and oxygen atoms in total. The number of hydrogen-bond donors (Lipinski definition) is 2. The van der Waals surface area contributed by atoms with Crippen molar-refractivity contribution in [2.45, 2.75) is 6.54 Å². The summed E-state index contributed by atoms with van der Waals surface area (Å²) in [4.78, 5) is 23.9. The normalized spacial score (nSPS) is 11.0. The average molecular weight is 301 g/mol. The van der Waals surface area contributed by atoms with E-state index in [1.807, 2.05) is 0 Å². The maximum absolute atomic E-state index is 13.3. The van der Waals surface area contributed by atoms with Gasteiger partial charge in [0.15, 0.2) is 5.75 Å². The number of carbonyl (C=O) groups is 1. The van der Waals surface area contributed by atoms with Gasteiger partial charge in [0.2, 0.25) is 0 Å². The first-order chi connectivity index (χ1) is 10.5. The number of fused-ring (bicyclic) bond motifs is 1. The van der Waals surface area contributed by atoms with Gasteiger partial charge in [-0.3, -0.25) is 14.1 Å². The van der Waals surface area contributed by atoms with Crippen molar-refractivity contribution in [3.63, 3.8) is 0 Å². The maximum atomic E-state index is 13.3. The van der Waals surface area contributed by atoms with Crippen LogP contribution in [0.15, 0.2) is 47.4 Å². The molecular weight excluding hydrogens is 289 g/mol. The van der Waals surface area contributed by atoms with Crippen LogP contribution in [0.5, 0.6) is 5.75 Å².